The van der Waals surface area contributed by atoms with Gasteiger partial charge in [-0.2, -0.15) is 0 Å². The van der Waals surface area contributed by atoms with Crippen molar-refractivity contribution in [1.29, 1.82) is 0 Å². The molecule has 15 heavy (non-hydrogen) atoms. The van der Waals surface area contributed by atoms with Gasteiger partial charge in [-0.05, 0) is 50.9 Å². The average molecular weight is 224 g/mol. The summed E-state index contributed by atoms with van der Waals surface area (Å²) in [6, 6.07) is 0. The fourth-order valence-corrected chi connectivity index (χ4v) is 2.82. The minimum Gasteiger partial charge on any atom is -0.549 e. The Labute approximate surface area is 95.9 Å². The lowest BCUT2D eigenvalue weighted by atomic mass is 10.0. The van der Waals surface area contributed by atoms with Crippen molar-refractivity contribution in [2.24, 2.45) is 0 Å². The van der Waals surface area contributed by atoms with Crippen LogP contribution in [0.15, 0.2) is 22.5 Å². The Balaban J connectivity index is 2.76. The Hall–Kier alpha value is -0.503. The van der Waals surface area contributed by atoms with Crippen LogP contribution in [-0.4, -0.2) is 9.04 Å². The highest BCUT2D eigenvalue weighted by molar-refractivity contribution is 6.48. The first-order valence-corrected chi connectivity index (χ1v) is 8.89. The second kappa shape index (κ2) is 5.55. The van der Waals surface area contributed by atoms with E-state index >= 15 is 0 Å². The van der Waals surface area contributed by atoms with Gasteiger partial charge in [0.1, 0.15) is 0 Å². The zero-order chi connectivity index (χ0) is 11.4. The number of rotatable bonds is 5. The summed E-state index contributed by atoms with van der Waals surface area (Å²) < 4.78 is 6.04. The van der Waals surface area contributed by atoms with Gasteiger partial charge in [0.25, 0.3) is 0 Å². The molecule has 0 amide bonds. The van der Waals surface area contributed by atoms with Crippen molar-refractivity contribution in [2.45, 2.75) is 59.5 Å². The van der Waals surface area contributed by atoms with Crippen molar-refractivity contribution in [3.8, 4) is 0 Å². The zero-order valence-corrected chi connectivity index (χ0v) is 12.0. The first kappa shape index (κ1) is 12.6. The predicted molar refractivity (Wildman–Crippen MR) is 69.5 cm³/mol. The van der Waals surface area contributed by atoms with Crippen molar-refractivity contribution in [3.05, 3.63) is 22.5 Å². The molecule has 1 rings (SSSR count). The topological polar surface area (TPSA) is 9.23 Å². The molecule has 0 bridgehead atoms. The molecule has 0 aromatic rings. The summed E-state index contributed by atoms with van der Waals surface area (Å²) in [5.41, 5.74) is 4.51. The van der Waals surface area contributed by atoms with Crippen LogP contribution in [0.5, 0.6) is 0 Å². The van der Waals surface area contributed by atoms with Gasteiger partial charge in [0.05, 0.1) is 5.76 Å². The van der Waals surface area contributed by atoms with Gasteiger partial charge in [-0.1, -0.05) is 18.9 Å². The molecule has 2 heteroatoms. The minimum absolute atomic E-state index is 0.935. The molecule has 0 aromatic carbocycles. The van der Waals surface area contributed by atoms with E-state index in [1.807, 2.05) is 0 Å². The van der Waals surface area contributed by atoms with Crippen molar-refractivity contribution in [1.82, 2.24) is 0 Å². The van der Waals surface area contributed by atoms with Crippen molar-refractivity contribution in [2.75, 3.05) is 0 Å². The van der Waals surface area contributed by atoms with Crippen LogP contribution in [0.3, 0.4) is 0 Å². The third-order valence-corrected chi connectivity index (χ3v) is 3.77. The van der Waals surface area contributed by atoms with Gasteiger partial charge in [0.2, 0.25) is 9.04 Å². The molecular formula is C13H24OSi. The molecular weight excluding hydrogens is 200 g/mol. The van der Waals surface area contributed by atoms with E-state index in [4.69, 9.17) is 4.43 Å². The first-order valence-electron chi connectivity index (χ1n) is 6.11. The summed E-state index contributed by atoms with van der Waals surface area (Å²) in [4.78, 5) is 0. The Morgan fingerprint density at radius 2 is 1.93 bits per heavy atom. The summed E-state index contributed by atoms with van der Waals surface area (Å²) in [7, 11) is -0.935. The van der Waals surface area contributed by atoms with Crippen LogP contribution < -0.4 is 0 Å². The monoisotopic (exact) mass is 224 g/mol. The number of hydrogen-bond donors (Lipinski definition) is 0. The molecule has 1 aliphatic carbocycles. The largest absolute Gasteiger partial charge is 0.549 e. The number of unbranched alkanes of at least 4 members (excludes halogenated alkanes) is 1. The van der Waals surface area contributed by atoms with Gasteiger partial charge in [0, 0.05) is 6.42 Å². The second-order valence-corrected chi connectivity index (χ2v) is 7.09. The second-order valence-electron chi connectivity index (χ2n) is 4.75. The molecule has 0 saturated carbocycles. The Morgan fingerprint density at radius 3 is 2.47 bits per heavy atom. The summed E-state index contributed by atoms with van der Waals surface area (Å²) in [6.07, 6.45) is 4.82. The fourth-order valence-electron chi connectivity index (χ4n) is 2.02. The molecule has 86 valence electrons. The highest BCUT2D eigenvalue weighted by atomic mass is 28.3. The highest BCUT2D eigenvalue weighted by Crippen LogP contribution is 2.35. The van der Waals surface area contributed by atoms with Crippen LogP contribution in [0.25, 0.3) is 0 Å². The van der Waals surface area contributed by atoms with Crippen molar-refractivity contribution < 1.29 is 4.43 Å². The smallest absolute Gasteiger partial charge is 0.229 e. The Morgan fingerprint density at radius 1 is 1.27 bits per heavy atom. The van der Waals surface area contributed by atoms with Gasteiger partial charge >= 0.3 is 0 Å². The highest BCUT2D eigenvalue weighted by Gasteiger charge is 2.20. The predicted octanol–water partition coefficient (Wildman–Crippen LogP) is 4.17. The third kappa shape index (κ3) is 3.23. The van der Waals surface area contributed by atoms with Gasteiger partial charge in [-0.25, -0.2) is 0 Å². The van der Waals surface area contributed by atoms with E-state index in [-0.39, 0.29) is 0 Å². The molecule has 0 aromatic heterocycles. The van der Waals surface area contributed by atoms with E-state index in [9.17, 15) is 0 Å². The SMILES string of the molecule is CCCCC1=C(O[SiH](C)C)CC(C)=C1C. The molecule has 0 atom stereocenters. The van der Waals surface area contributed by atoms with E-state index in [0.29, 0.717) is 0 Å². The maximum Gasteiger partial charge on any atom is 0.229 e. The molecule has 0 saturated heterocycles. The van der Waals surface area contributed by atoms with E-state index in [2.05, 4.69) is 33.9 Å². The van der Waals surface area contributed by atoms with Gasteiger partial charge in [-0.15, -0.1) is 0 Å². The maximum atomic E-state index is 6.04. The van der Waals surface area contributed by atoms with Crippen LogP contribution in [0.4, 0.5) is 0 Å². The molecule has 0 heterocycles. The third-order valence-electron chi connectivity index (χ3n) is 3.01. The van der Waals surface area contributed by atoms with E-state index in [1.165, 1.54) is 41.7 Å². The molecule has 1 aliphatic rings. The van der Waals surface area contributed by atoms with Crippen LogP contribution in [0, 0.1) is 0 Å². The van der Waals surface area contributed by atoms with Crippen molar-refractivity contribution in [3.63, 3.8) is 0 Å². The maximum absolute atomic E-state index is 6.04. The van der Waals surface area contributed by atoms with Crippen LogP contribution in [0.2, 0.25) is 13.1 Å². The lowest BCUT2D eigenvalue weighted by Crippen LogP contribution is -2.07. The van der Waals surface area contributed by atoms with Gasteiger partial charge in [0.15, 0.2) is 0 Å². The van der Waals surface area contributed by atoms with E-state index in [0.717, 1.165) is 6.42 Å². The molecule has 0 spiro atoms. The standard InChI is InChI=1S/C13H24OSi/c1-6-7-8-12-11(3)10(2)9-13(12)14-15(4)5/h15H,6-9H2,1-5H3. The van der Waals surface area contributed by atoms with E-state index < -0.39 is 9.04 Å². The van der Waals surface area contributed by atoms with Crippen molar-refractivity contribution >= 4 is 9.04 Å². The van der Waals surface area contributed by atoms with E-state index in [1.54, 1.807) is 0 Å². The molecule has 0 N–H and O–H groups in total. The summed E-state index contributed by atoms with van der Waals surface area (Å²) in [6.45, 7) is 11.2. The average Bonchev–Trinajstić information content (AvgIpc) is 2.40. The first-order chi connectivity index (χ1) is 7.06. The summed E-state index contributed by atoms with van der Waals surface area (Å²) >= 11 is 0. The fraction of sp³-hybridized carbons (Fsp3) is 0.692. The van der Waals surface area contributed by atoms with Crippen LogP contribution in [-0.2, 0) is 4.43 Å². The lowest BCUT2D eigenvalue weighted by Gasteiger charge is -2.14. The normalized spacial score (nSPS) is 16.9. The van der Waals surface area contributed by atoms with Crippen LogP contribution in [0.1, 0.15) is 46.5 Å². The summed E-state index contributed by atoms with van der Waals surface area (Å²) in [5, 5.41) is 0. The molecule has 0 aliphatic heterocycles. The zero-order valence-electron chi connectivity index (χ0n) is 10.8. The quantitative estimate of drug-likeness (QED) is 0.637. The molecule has 0 fully saturated rings. The Kier molecular flexibility index (Phi) is 4.65. The number of hydrogen-bond acceptors (Lipinski definition) is 1. The molecule has 0 radical (unpaired) electrons. The molecule has 0 unspecified atom stereocenters. The van der Waals surface area contributed by atoms with Gasteiger partial charge in [-0.3, -0.25) is 0 Å². The van der Waals surface area contributed by atoms with Gasteiger partial charge < -0.3 is 4.43 Å². The Bertz CT molecular complexity index is 287. The minimum atomic E-state index is -0.935. The lowest BCUT2D eigenvalue weighted by molar-refractivity contribution is 0.423. The van der Waals surface area contributed by atoms with Crippen LogP contribution >= 0.6 is 0 Å². The summed E-state index contributed by atoms with van der Waals surface area (Å²) in [5.74, 6) is 1.29. The molecule has 1 nitrogen and oxygen atoms in total. The number of allylic oxidation sites excluding steroid dienone is 3.